The lowest BCUT2D eigenvalue weighted by Gasteiger charge is -2.20. The highest BCUT2D eigenvalue weighted by Gasteiger charge is 2.20. The molecule has 0 unspecified atom stereocenters. The fourth-order valence-electron chi connectivity index (χ4n) is 3.75. The fraction of sp³-hybridized carbons (Fsp3) is 0.722. The molecule has 0 aliphatic heterocycles. The minimum Gasteiger partial charge on any atom is -0.394 e. The van der Waals surface area contributed by atoms with E-state index in [1.54, 1.807) is 4.68 Å². The lowest BCUT2D eigenvalue weighted by molar-refractivity contribution is 0.0902. The molecule has 10 nitrogen and oxygen atoms in total. The number of aromatic nitrogens is 6. The van der Waals surface area contributed by atoms with Gasteiger partial charge in [-0.25, -0.2) is 4.68 Å². The third-order valence-electron chi connectivity index (χ3n) is 5.42. The van der Waals surface area contributed by atoms with Gasteiger partial charge in [0, 0.05) is 6.20 Å². The zero-order chi connectivity index (χ0) is 19.8. The number of aliphatic hydroxyl groups excluding tert-OH is 2. The predicted molar refractivity (Wildman–Crippen MR) is 100 cm³/mol. The summed E-state index contributed by atoms with van der Waals surface area (Å²) in [5, 5.41) is 40.2. The van der Waals surface area contributed by atoms with Crippen LogP contribution in [0, 0.1) is 5.92 Å². The number of aliphatic hydroxyl groups is 2. The van der Waals surface area contributed by atoms with Gasteiger partial charge < -0.3 is 15.5 Å². The van der Waals surface area contributed by atoms with Crippen LogP contribution in [-0.2, 0) is 6.42 Å². The number of hydrogen-bond acceptors (Lipinski definition) is 7. The molecule has 2 aromatic heterocycles. The van der Waals surface area contributed by atoms with Crippen LogP contribution in [0.1, 0.15) is 67.2 Å². The van der Waals surface area contributed by atoms with Crippen molar-refractivity contribution in [3.05, 3.63) is 23.8 Å². The number of hydrogen-bond donors (Lipinski definition) is 4. The summed E-state index contributed by atoms with van der Waals surface area (Å²) in [6, 6.07) is -0.686. The molecule has 0 saturated heterocycles. The number of amides is 1. The van der Waals surface area contributed by atoms with Crippen molar-refractivity contribution in [2.24, 2.45) is 5.92 Å². The van der Waals surface area contributed by atoms with E-state index in [1.807, 2.05) is 6.20 Å². The minimum absolute atomic E-state index is 0.0817. The zero-order valence-corrected chi connectivity index (χ0v) is 16.0. The van der Waals surface area contributed by atoms with Crippen LogP contribution < -0.4 is 5.32 Å². The van der Waals surface area contributed by atoms with Crippen LogP contribution >= 0.6 is 0 Å². The van der Waals surface area contributed by atoms with Crippen LogP contribution in [0.2, 0.25) is 0 Å². The van der Waals surface area contributed by atoms with Crippen LogP contribution in [0.4, 0.5) is 0 Å². The SMILES string of the molecule is O=C(N[C@@H](CO)CC[C@H](CO)n1cc(CC2CCCCC2)nn1)c1cn[nH]n1. The summed E-state index contributed by atoms with van der Waals surface area (Å²) < 4.78 is 1.70. The normalized spacial score (nSPS) is 17.4. The molecule has 2 aromatic rings. The van der Waals surface area contributed by atoms with Gasteiger partial charge in [-0.1, -0.05) is 37.3 Å². The molecule has 10 heteroatoms. The quantitative estimate of drug-likeness (QED) is 0.465. The largest absolute Gasteiger partial charge is 0.394 e. The van der Waals surface area contributed by atoms with E-state index in [0.717, 1.165) is 12.1 Å². The van der Waals surface area contributed by atoms with Crippen LogP contribution in [0.3, 0.4) is 0 Å². The molecular weight excluding hydrogens is 362 g/mol. The maximum atomic E-state index is 12.0. The van der Waals surface area contributed by atoms with Gasteiger partial charge in [0.1, 0.15) is 0 Å². The topological polar surface area (TPSA) is 142 Å². The molecule has 28 heavy (non-hydrogen) atoms. The van der Waals surface area contributed by atoms with Crippen LogP contribution in [-0.4, -0.2) is 65.8 Å². The summed E-state index contributed by atoms with van der Waals surface area (Å²) in [4.78, 5) is 12.0. The van der Waals surface area contributed by atoms with E-state index >= 15 is 0 Å². The maximum absolute atomic E-state index is 12.0. The lowest BCUT2D eigenvalue weighted by atomic mass is 9.86. The number of rotatable bonds is 10. The fourth-order valence-corrected chi connectivity index (χ4v) is 3.75. The Labute approximate surface area is 163 Å². The van der Waals surface area contributed by atoms with E-state index in [4.69, 9.17) is 0 Å². The Morgan fingerprint density at radius 3 is 2.75 bits per heavy atom. The molecule has 2 atom stereocenters. The average molecular weight is 391 g/mol. The number of carbonyl (C=O) groups is 1. The van der Waals surface area contributed by atoms with Gasteiger partial charge in [-0.15, -0.1) is 5.10 Å². The van der Waals surface area contributed by atoms with E-state index in [0.29, 0.717) is 18.8 Å². The third kappa shape index (κ3) is 5.59. The van der Waals surface area contributed by atoms with E-state index < -0.39 is 11.9 Å². The second-order valence-corrected chi connectivity index (χ2v) is 7.52. The Morgan fingerprint density at radius 1 is 1.25 bits per heavy atom. The minimum atomic E-state index is -0.441. The Balaban J connectivity index is 1.50. The van der Waals surface area contributed by atoms with Crippen molar-refractivity contribution in [1.82, 2.24) is 35.7 Å². The number of nitrogens with zero attached hydrogens (tertiary/aromatic N) is 5. The standard InChI is InChI=1S/C18H29N7O3/c26-11-14(20-18(28)17-9-19-23-22-17)6-7-16(12-27)25-10-15(21-24-25)8-13-4-2-1-3-5-13/h9-10,13-14,16,26-27H,1-8,11-12H2,(H,20,28)(H,19,22,23)/t14-,16-/m1/s1. The molecule has 0 aromatic carbocycles. The molecule has 4 N–H and O–H groups in total. The summed E-state index contributed by atoms with van der Waals surface area (Å²) in [6.45, 7) is -0.284. The lowest BCUT2D eigenvalue weighted by Crippen LogP contribution is -2.38. The first kappa shape index (κ1) is 20.4. The van der Waals surface area contributed by atoms with E-state index in [-0.39, 0.29) is 24.9 Å². The summed E-state index contributed by atoms with van der Waals surface area (Å²) >= 11 is 0. The van der Waals surface area contributed by atoms with Gasteiger partial charge in [-0.05, 0) is 25.2 Å². The molecule has 1 aliphatic rings. The van der Waals surface area contributed by atoms with Crippen molar-refractivity contribution in [2.75, 3.05) is 13.2 Å². The monoisotopic (exact) mass is 391 g/mol. The van der Waals surface area contributed by atoms with Crippen LogP contribution in [0.25, 0.3) is 0 Å². The second-order valence-electron chi connectivity index (χ2n) is 7.52. The highest BCUT2D eigenvalue weighted by Crippen LogP contribution is 2.26. The van der Waals surface area contributed by atoms with Gasteiger partial charge in [-0.3, -0.25) is 4.79 Å². The summed E-state index contributed by atoms with van der Waals surface area (Å²) in [5.74, 6) is 0.279. The summed E-state index contributed by atoms with van der Waals surface area (Å²) in [5.41, 5.74) is 1.13. The number of nitrogens with one attached hydrogen (secondary N) is 2. The van der Waals surface area contributed by atoms with Crippen molar-refractivity contribution in [3.63, 3.8) is 0 Å². The van der Waals surface area contributed by atoms with Crippen molar-refractivity contribution < 1.29 is 15.0 Å². The Morgan fingerprint density at radius 2 is 2.07 bits per heavy atom. The first-order valence-corrected chi connectivity index (χ1v) is 9.98. The molecule has 2 heterocycles. The van der Waals surface area contributed by atoms with E-state index in [2.05, 4.69) is 31.0 Å². The molecule has 3 rings (SSSR count). The van der Waals surface area contributed by atoms with Crippen molar-refractivity contribution in [3.8, 4) is 0 Å². The molecule has 1 fully saturated rings. The Bertz CT molecular complexity index is 713. The molecule has 0 radical (unpaired) electrons. The third-order valence-corrected chi connectivity index (χ3v) is 5.42. The Kier molecular flexibility index (Phi) is 7.49. The van der Waals surface area contributed by atoms with Gasteiger partial charge in [0.25, 0.3) is 5.91 Å². The van der Waals surface area contributed by atoms with Gasteiger partial charge in [-0.2, -0.15) is 15.4 Å². The number of aromatic amines is 1. The summed E-state index contributed by atoms with van der Waals surface area (Å²) in [6.07, 6.45) is 11.6. The van der Waals surface area contributed by atoms with E-state index in [9.17, 15) is 15.0 Å². The molecule has 154 valence electrons. The van der Waals surface area contributed by atoms with Crippen molar-refractivity contribution in [2.45, 2.75) is 63.5 Å². The predicted octanol–water partition coefficient (Wildman–Crippen LogP) is 0.623. The molecule has 1 aliphatic carbocycles. The smallest absolute Gasteiger partial charge is 0.273 e. The van der Waals surface area contributed by atoms with Crippen LogP contribution in [0.15, 0.2) is 12.4 Å². The van der Waals surface area contributed by atoms with Crippen LogP contribution in [0.5, 0.6) is 0 Å². The molecule has 1 amide bonds. The van der Waals surface area contributed by atoms with Gasteiger partial charge in [0.15, 0.2) is 5.69 Å². The highest BCUT2D eigenvalue weighted by molar-refractivity contribution is 5.91. The van der Waals surface area contributed by atoms with Crippen molar-refractivity contribution in [1.29, 1.82) is 0 Å². The molecular formula is C18H29N7O3. The zero-order valence-electron chi connectivity index (χ0n) is 16.0. The van der Waals surface area contributed by atoms with E-state index in [1.165, 1.54) is 38.3 Å². The molecule has 0 spiro atoms. The Hall–Kier alpha value is -2.33. The number of carbonyl (C=O) groups excluding carboxylic acids is 1. The maximum Gasteiger partial charge on any atom is 0.273 e. The number of H-pyrrole nitrogens is 1. The van der Waals surface area contributed by atoms with Gasteiger partial charge in [0.2, 0.25) is 0 Å². The first-order valence-electron chi connectivity index (χ1n) is 9.98. The van der Waals surface area contributed by atoms with Gasteiger partial charge in [0.05, 0.1) is 37.2 Å². The average Bonchev–Trinajstić information content (AvgIpc) is 3.41. The highest BCUT2D eigenvalue weighted by atomic mass is 16.3. The second kappa shape index (κ2) is 10.3. The first-order chi connectivity index (χ1) is 13.7. The summed E-state index contributed by atoms with van der Waals surface area (Å²) in [7, 11) is 0. The van der Waals surface area contributed by atoms with Gasteiger partial charge >= 0.3 is 0 Å². The molecule has 0 bridgehead atoms. The molecule has 1 saturated carbocycles. The van der Waals surface area contributed by atoms with Crippen molar-refractivity contribution >= 4 is 5.91 Å².